The summed E-state index contributed by atoms with van der Waals surface area (Å²) in [5.74, 6) is 0.345. The van der Waals surface area contributed by atoms with Crippen LogP contribution in [0.4, 0.5) is 4.79 Å². The molecular formula is C15H29N3O4S. The number of rotatable bonds is 4. The highest BCUT2D eigenvalue weighted by atomic mass is 32.2. The molecule has 8 heteroatoms. The quantitative estimate of drug-likeness (QED) is 0.818. The smallest absolute Gasteiger partial charge is 0.317 e. The largest absolute Gasteiger partial charge is 0.372 e. The number of morpholine rings is 1. The van der Waals surface area contributed by atoms with Crippen molar-refractivity contribution in [2.24, 2.45) is 5.92 Å². The minimum atomic E-state index is -3.09. The maximum absolute atomic E-state index is 12.3. The lowest BCUT2D eigenvalue weighted by molar-refractivity contribution is -0.0646. The molecule has 0 saturated carbocycles. The Kier molecular flexibility index (Phi) is 6.27. The molecular weight excluding hydrogens is 318 g/mol. The van der Waals surface area contributed by atoms with Crippen LogP contribution in [0.25, 0.3) is 0 Å². The van der Waals surface area contributed by atoms with Crippen LogP contribution in [0.1, 0.15) is 33.1 Å². The van der Waals surface area contributed by atoms with E-state index in [9.17, 15) is 13.2 Å². The Morgan fingerprint density at radius 1 is 1.26 bits per heavy atom. The molecule has 2 amide bonds. The van der Waals surface area contributed by atoms with E-state index in [4.69, 9.17) is 4.74 Å². The molecule has 2 aliphatic heterocycles. The van der Waals surface area contributed by atoms with Gasteiger partial charge in [-0.3, -0.25) is 0 Å². The van der Waals surface area contributed by atoms with Crippen molar-refractivity contribution in [2.45, 2.75) is 45.3 Å². The van der Waals surface area contributed by atoms with Gasteiger partial charge in [0.15, 0.2) is 0 Å². The summed E-state index contributed by atoms with van der Waals surface area (Å²) in [6.07, 6.45) is 3.92. The molecule has 2 heterocycles. The number of urea groups is 1. The van der Waals surface area contributed by atoms with Crippen molar-refractivity contribution in [3.63, 3.8) is 0 Å². The van der Waals surface area contributed by atoms with Crippen LogP contribution in [-0.2, 0) is 14.8 Å². The predicted molar refractivity (Wildman–Crippen MR) is 88.7 cm³/mol. The summed E-state index contributed by atoms with van der Waals surface area (Å²) < 4.78 is 30.3. The van der Waals surface area contributed by atoms with Crippen molar-refractivity contribution in [3.8, 4) is 0 Å². The lowest BCUT2D eigenvalue weighted by atomic mass is 9.98. The summed E-state index contributed by atoms with van der Waals surface area (Å²) in [5, 5.41) is 3.00. The van der Waals surface area contributed by atoms with Crippen LogP contribution >= 0.6 is 0 Å². The maximum atomic E-state index is 12.3. The van der Waals surface area contributed by atoms with Crippen molar-refractivity contribution in [1.82, 2.24) is 14.5 Å². The minimum absolute atomic E-state index is 0.0378. The molecule has 2 fully saturated rings. The summed E-state index contributed by atoms with van der Waals surface area (Å²) in [6, 6.07) is -0.0378. The van der Waals surface area contributed by atoms with Crippen LogP contribution in [-0.4, -0.2) is 74.8 Å². The average molecular weight is 347 g/mol. The van der Waals surface area contributed by atoms with E-state index in [2.05, 4.69) is 12.2 Å². The third-order valence-electron chi connectivity index (χ3n) is 4.65. The number of nitrogens with zero attached hydrogens (tertiary/aromatic N) is 2. The zero-order valence-electron chi connectivity index (χ0n) is 14.3. The van der Waals surface area contributed by atoms with Crippen molar-refractivity contribution in [3.05, 3.63) is 0 Å². The Morgan fingerprint density at radius 3 is 2.48 bits per heavy atom. The summed E-state index contributed by atoms with van der Waals surface area (Å²) in [6.45, 7) is 7.02. The average Bonchev–Trinajstić information content (AvgIpc) is 2.51. The first kappa shape index (κ1) is 18.5. The van der Waals surface area contributed by atoms with Gasteiger partial charge in [-0.15, -0.1) is 0 Å². The van der Waals surface area contributed by atoms with Crippen LogP contribution < -0.4 is 5.32 Å². The second-order valence-corrected chi connectivity index (χ2v) is 8.66. The Hall–Kier alpha value is -0.860. The number of piperidine rings is 1. The van der Waals surface area contributed by atoms with E-state index in [1.807, 2.05) is 11.8 Å². The van der Waals surface area contributed by atoms with Crippen LogP contribution in [0, 0.1) is 5.92 Å². The van der Waals surface area contributed by atoms with Gasteiger partial charge in [0.1, 0.15) is 0 Å². The van der Waals surface area contributed by atoms with Gasteiger partial charge < -0.3 is 15.0 Å². The summed E-state index contributed by atoms with van der Waals surface area (Å²) in [4.78, 5) is 14.2. The van der Waals surface area contributed by atoms with E-state index in [0.29, 0.717) is 38.6 Å². The first-order valence-corrected chi connectivity index (χ1v) is 10.3. The second-order valence-electron chi connectivity index (χ2n) is 6.67. The molecule has 23 heavy (non-hydrogen) atoms. The Balaban J connectivity index is 1.75. The zero-order chi connectivity index (χ0) is 17.0. The van der Waals surface area contributed by atoms with Gasteiger partial charge >= 0.3 is 6.03 Å². The summed E-state index contributed by atoms with van der Waals surface area (Å²) in [7, 11) is -3.09. The van der Waals surface area contributed by atoms with E-state index in [-0.39, 0.29) is 18.2 Å². The molecule has 7 nitrogen and oxygen atoms in total. The van der Waals surface area contributed by atoms with Crippen molar-refractivity contribution in [1.29, 1.82) is 0 Å². The second kappa shape index (κ2) is 7.81. The molecule has 2 aliphatic rings. The molecule has 0 spiro atoms. The molecule has 0 bridgehead atoms. The topological polar surface area (TPSA) is 79.0 Å². The minimum Gasteiger partial charge on any atom is -0.372 e. The molecule has 0 aromatic rings. The third kappa shape index (κ3) is 5.32. The number of carbonyl (C=O) groups is 1. The summed E-state index contributed by atoms with van der Waals surface area (Å²) in [5.41, 5.74) is 0. The number of hydrogen-bond donors (Lipinski definition) is 1. The number of carbonyl (C=O) groups excluding carboxylic acids is 1. The molecule has 0 aromatic heterocycles. The number of nitrogens with one attached hydrogen (secondary N) is 1. The van der Waals surface area contributed by atoms with Crippen LogP contribution in [0.15, 0.2) is 0 Å². The molecule has 0 aliphatic carbocycles. The molecule has 1 N–H and O–H groups in total. The van der Waals surface area contributed by atoms with Crippen molar-refractivity contribution in [2.75, 3.05) is 39.0 Å². The molecule has 2 atom stereocenters. The monoisotopic (exact) mass is 347 g/mol. The van der Waals surface area contributed by atoms with Crippen LogP contribution in [0.3, 0.4) is 0 Å². The van der Waals surface area contributed by atoms with Gasteiger partial charge in [0.05, 0.1) is 18.5 Å². The van der Waals surface area contributed by atoms with E-state index in [1.165, 1.54) is 10.6 Å². The summed E-state index contributed by atoms with van der Waals surface area (Å²) >= 11 is 0. The lowest BCUT2D eigenvalue weighted by Gasteiger charge is -2.37. The Bertz CT molecular complexity index is 503. The van der Waals surface area contributed by atoms with E-state index >= 15 is 0 Å². The highest BCUT2D eigenvalue weighted by molar-refractivity contribution is 7.88. The fourth-order valence-electron chi connectivity index (χ4n) is 3.22. The maximum Gasteiger partial charge on any atom is 0.317 e. The molecule has 2 rings (SSSR count). The SMILES string of the molecule is CC[C@H]1CN(C(=O)NCC2CCN(S(C)(=O)=O)CC2)C[C@H](C)O1. The van der Waals surface area contributed by atoms with Gasteiger partial charge in [-0.2, -0.15) is 0 Å². The van der Waals surface area contributed by atoms with Crippen LogP contribution in [0.2, 0.25) is 0 Å². The highest BCUT2D eigenvalue weighted by Gasteiger charge is 2.29. The molecule has 0 radical (unpaired) electrons. The molecule has 0 aromatic carbocycles. The van der Waals surface area contributed by atoms with Gasteiger partial charge in [0.25, 0.3) is 0 Å². The van der Waals surface area contributed by atoms with Gasteiger partial charge in [-0.1, -0.05) is 6.92 Å². The fourth-order valence-corrected chi connectivity index (χ4v) is 4.10. The number of amides is 2. The first-order valence-electron chi connectivity index (χ1n) is 8.43. The van der Waals surface area contributed by atoms with Gasteiger partial charge in [0.2, 0.25) is 10.0 Å². The standard InChI is InChI=1S/C15H29N3O4S/c1-4-14-11-17(10-12(2)22-14)15(19)16-9-13-5-7-18(8-6-13)23(3,20)21/h12-14H,4-11H2,1-3H3,(H,16,19)/t12-,14-/m0/s1. The fraction of sp³-hybridized carbons (Fsp3) is 0.933. The highest BCUT2D eigenvalue weighted by Crippen LogP contribution is 2.19. The molecule has 134 valence electrons. The Morgan fingerprint density at radius 2 is 1.91 bits per heavy atom. The number of hydrogen-bond acceptors (Lipinski definition) is 4. The zero-order valence-corrected chi connectivity index (χ0v) is 15.1. The normalized spacial score (nSPS) is 27.9. The van der Waals surface area contributed by atoms with Crippen molar-refractivity contribution >= 4 is 16.1 Å². The van der Waals surface area contributed by atoms with Gasteiger partial charge in [-0.25, -0.2) is 17.5 Å². The number of sulfonamides is 1. The Labute approximate surface area is 139 Å². The van der Waals surface area contributed by atoms with E-state index in [0.717, 1.165) is 19.3 Å². The molecule has 0 unspecified atom stereocenters. The predicted octanol–water partition coefficient (Wildman–Crippen LogP) is 0.867. The molecule has 2 saturated heterocycles. The van der Waals surface area contributed by atoms with E-state index in [1.54, 1.807) is 0 Å². The van der Waals surface area contributed by atoms with Crippen molar-refractivity contribution < 1.29 is 17.9 Å². The first-order chi connectivity index (χ1) is 10.8. The van der Waals surface area contributed by atoms with Crippen LogP contribution in [0.5, 0.6) is 0 Å². The lowest BCUT2D eigenvalue weighted by Crippen LogP contribution is -2.53. The van der Waals surface area contributed by atoms with Gasteiger partial charge in [-0.05, 0) is 32.1 Å². The number of ether oxygens (including phenoxy) is 1. The third-order valence-corrected chi connectivity index (χ3v) is 5.96. The van der Waals surface area contributed by atoms with Gasteiger partial charge in [0, 0.05) is 32.7 Å². The van der Waals surface area contributed by atoms with E-state index < -0.39 is 10.0 Å².